The second-order valence-electron chi connectivity index (χ2n) is 5.49. The van der Waals surface area contributed by atoms with Gasteiger partial charge in [0.15, 0.2) is 0 Å². The molecule has 1 aromatic rings. The Morgan fingerprint density at radius 2 is 2.00 bits per heavy atom. The van der Waals surface area contributed by atoms with Gasteiger partial charge in [0.25, 0.3) is 0 Å². The first-order valence-electron chi connectivity index (χ1n) is 6.91. The molecule has 1 nitrogen and oxygen atoms in total. The molecule has 20 heavy (non-hydrogen) atoms. The summed E-state index contributed by atoms with van der Waals surface area (Å²) >= 11 is 0. The lowest BCUT2D eigenvalue weighted by molar-refractivity contribution is -0.186. The quantitative estimate of drug-likeness (QED) is 0.810. The van der Waals surface area contributed by atoms with E-state index in [0.29, 0.717) is 6.42 Å². The van der Waals surface area contributed by atoms with Gasteiger partial charge in [-0.25, -0.2) is 4.39 Å². The van der Waals surface area contributed by atoms with Crippen LogP contribution in [-0.2, 0) is 0 Å². The summed E-state index contributed by atoms with van der Waals surface area (Å²) in [5, 5.41) is 3.05. The third kappa shape index (κ3) is 3.51. The molecule has 0 amide bonds. The van der Waals surface area contributed by atoms with E-state index >= 15 is 0 Å². The lowest BCUT2D eigenvalue weighted by Crippen LogP contribution is -2.34. The standard InChI is InChI=1S/C15H19F4N/c1-20-14(11-5-3-7-13(16)9-11)10-4-2-6-12(8-10)15(17,18)19/h3,5,7,9-10,12,14,20H,2,4,6,8H2,1H3. The Morgan fingerprint density at radius 1 is 1.25 bits per heavy atom. The number of rotatable bonds is 3. The van der Waals surface area contributed by atoms with Crippen LogP contribution in [0.1, 0.15) is 37.3 Å². The minimum Gasteiger partial charge on any atom is -0.313 e. The van der Waals surface area contributed by atoms with E-state index in [1.165, 1.54) is 12.1 Å². The van der Waals surface area contributed by atoms with Gasteiger partial charge >= 0.3 is 6.18 Å². The fraction of sp³-hybridized carbons (Fsp3) is 0.600. The maximum Gasteiger partial charge on any atom is 0.391 e. The van der Waals surface area contributed by atoms with Crippen LogP contribution in [0.3, 0.4) is 0 Å². The number of benzene rings is 1. The number of hydrogen-bond acceptors (Lipinski definition) is 1. The predicted molar refractivity (Wildman–Crippen MR) is 69.7 cm³/mol. The molecule has 0 spiro atoms. The number of alkyl halides is 3. The maximum absolute atomic E-state index is 13.3. The van der Waals surface area contributed by atoms with Crippen LogP contribution in [-0.4, -0.2) is 13.2 Å². The third-order valence-electron chi connectivity index (χ3n) is 4.17. The Labute approximate surface area is 116 Å². The molecule has 3 unspecified atom stereocenters. The fourth-order valence-corrected chi connectivity index (χ4v) is 3.20. The molecule has 112 valence electrons. The molecule has 0 heterocycles. The lowest BCUT2D eigenvalue weighted by Gasteiger charge is -2.35. The highest BCUT2D eigenvalue weighted by Crippen LogP contribution is 2.43. The lowest BCUT2D eigenvalue weighted by atomic mass is 9.76. The monoisotopic (exact) mass is 289 g/mol. The number of nitrogens with one attached hydrogen (secondary N) is 1. The first-order chi connectivity index (χ1) is 9.41. The van der Waals surface area contributed by atoms with Gasteiger partial charge in [-0.05, 0) is 49.9 Å². The average molecular weight is 289 g/mol. The van der Waals surface area contributed by atoms with E-state index in [9.17, 15) is 17.6 Å². The van der Waals surface area contributed by atoms with E-state index in [1.54, 1.807) is 19.2 Å². The van der Waals surface area contributed by atoms with Crippen molar-refractivity contribution in [2.75, 3.05) is 7.05 Å². The molecule has 0 aliphatic heterocycles. The highest BCUT2D eigenvalue weighted by atomic mass is 19.4. The zero-order chi connectivity index (χ0) is 14.8. The van der Waals surface area contributed by atoms with Crippen molar-refractivity contribution in [2.24, 2.45) is 11.8 Å². The minimum absolute atomic E-state index is 0.109. The Hall–Kier alpha value is -1.10. The molecule has 1 saturated carbocycles. The molecule has 0 saturated heterocycles. The van der Waals surface area contributed by atoms with Gasteiger partial charge in [0.2, 0.25) is 0 Å². The molecular formula is C15H19F4N. The smallest absolute Gasteiger partial charge is 0.313 e. The Balaban J connectivity index is 2.15. The first kappa shape index (κ1) is 15.3. The van der Waals surface area contributed by atoms with Crippen molar-refractivity contribution in [3.63, 3.8) is 0 Å². The molecule has 2 rings (SSSR count). The van der Waals surface area contributed by atoms with Crippen LogP contribution in [0.5, 0.6) is 0 Å². The van der Waals surface area contributed by atoms with Gasteiger partial charge in [-0.1, -0.05) is 18.6 Å². The Morgan fingerprint density at radius 3 is 2.60 bits per heavy atom. The van der Waals surface area contributed by atoms with Crippen molar-refractivity contribution in [2.45, 2.75) is 37.9 Å². The van der Waals surface area contributed by atoms with Crippen molar-refractivity contribution >= 4 is 0 Å². The highest BCUT2D eigenvalue weighted by molar-refractivity contribution is 5.21. The summed E-state index contributed by atoms with van der Waals surface area (Å²) in [4.78, 5) is 0. The molecule has 3 atom stereocenters. The molecule has 1 aromatic carbocycles. The van der Waals surface area contributed by atoms with E-state index in [2.05, 4.69) is 5.32 Å². The summed E-state index contributed by atoms with van der Waals surface area (Å²) in [6.07, 6.45) is -2.49. The molecule has 0 bridgehead atoms. The van der Waals surface area contributed by atoms with Gasteiger partial charge in [-0.2, -0.15) is 13.2 Å². The zero-order valence-corrected chi connectivity index (χ0v) is 11.4. The van der Waals surface area contributed by atoms with Crippen LogP contribution in [0, 0.1) is 17.7 Å². The van der Waals surface area contributed by atoms with Crippen LogP contribution < -0.4 is 5.32 Å². The number of hydrogen-bond donors (Lipinski definition) is 1. The van der Waals surface area contributed by atoms with Crippen LogP contribution in [0.25, 0.3) is 0 Å². The zero-order valence-electron chi connectivity index (χ0n) is 11.4. The summed E-state index contributed by atoms with van der Waals surface area (Å²) in [5.41, 5.74) is 0.723. The number of halogens is 4. The van der Waals surface area contributed by atoms with E-state index in [0.717, 1.165) is 12.0 Å². The summed E-state index contributed by atoms with van der Waals surface area (Å²) in [6.45, 7) is 0. The van der Waals surface area contributed by atoms with Crippen LogP contribution in [0.2, 0.25) is 0 Å². The molecular weight excluding hydrogens is 270 g/mol. The molecule has 5 heteroatoms. The minimum atomic E-state index is -4.13. The van der Waals surface area contributed by atoms with Crippen LogP contribution in [0.15, 0.2) is 24.3 Å². The van der Waals surface area contributed by atoms with Gasteiger partial charge in [-0.15, -0.1) is 0 Å². The first-order valence-corrected chi connectivity index (χ1v) is 6.91. The largest absolute Gasteiger partial charge is 0.391 e. The Kier molecular flexibility index (Phi) is 4.68. The average Bonchev–Trinajstić information content (AvgIpc) is 2.39. The van der Waals surface area contributed by atoms with Crippen molar-refractivity contribution in [1.29, 1.82) is 0 Å². The van der Waals surface area contributed by atoms with Gasteiger partial charge in [-0.3, -0.25) is 0 Å². The van der Waals surface area contributed by atoms with Crippen molar-refractivity contribution < 1.29 is 17.6 Å². The maximum atomic E-state index is 13.3. The Bertz CT molecular complexity index is 444. The summed E-state index contributed by atoms with van der Waals surface area (Å²) < 4.78 is 51.9. The third-order valence-corrected chi connectivity index (χ3v) is 4.17. The molecule has 0 radical (unpaired) electrons. The second-order valence-corrected chi connectivity index (χ2v) is 5.49. The SMILES string of the molecule is CNC(c1cccc(F)c1)C1CCCC(C(F)(F)F)C1. The normalized spacial score (nSPS) is 25.4. The van der Waals surface area contributed by atoms with E-state index in [-0.39, 0.29) is 30.6 Å². The van der Waals surface area contributed by atoms with E-state index in [1.807, 2.05) is 0 Å². The fourth-order valence-electron chi connectivity index (χ4n) is 3.20. The van der Waals surface area contributed by atoms with E-state index in [4.69, 9.17) is 0 Å². The highest BCUT2D eigenvalue weighted by Gasteiger charge is 2.43. The molecule has 0 aromatic heterocycles. The summed E-state index contributed by atoms with van der Waals surface area (Å²) in [6, 6.07) is 5.88. The van der Waals surface area contributed by atoms with Gasteiger partial charge in [0, 0.05) is 6.04 Å². The van der Waals surface area contributed by atoms with Crippen LogP contribution >= 0.6 is 0 Å². The predicted octanol–water partition coefficient (Wildman–Crippen LogP) is 4.45. The summed E-state index contributed by atoms with van der Waals surface area (Å²) in [7, 11) is 1.72. The van der Waals surface area contributed by atoms with Crippen molar-refractivity contribution in [1.82, 2.24) is 5.32 Å². The molecule has 1 aliphatic carbocycles. The van der Waals surface area contributed by atoms with Gasteiger partial charge in [0.05, 0.1) is 5.92 Å². The van der Waals surface area contributed by atoms with Crippen molar-refractivity contribution in [3.8, 4) is 0 Å². The second kappa shape index (κ2) is 6.12. The topological polar surface area (TPSA) is 12.0 Å². The van der Waals surface area contributed by atoms with Gasteiger partial charge < -0.3 is 5.32 Å². The molecule has 1 fully saturated rings. The van der Waals surface area contributed by atoms with Crippen LogP contribution in [0.4, 0.5) is 17.6 Å². The van der Waals surface area contributed by atoms with Gasteiger partial charge in [0.1, 0.15) is 5.82 Å². The summed E-state index contributed by atoms with van der Waals surface area (Å²) in [5.74, 6) is -1.70. The molecule has 1 N–H and O–H groups in total. The van der Waals surface area contributed by atoms with Crippen molar-refractivity contribution in [3.05, 3.63) is 35.6 Å². The van der Waals surface area contributed by atoms with E-state index < -0.39 is 12.1 Å². The molecule has 1 aliphatic rings.